The van der Waals surface area contributed by atoms with Gasteiger partial charge in [0, 0.05) is 30.1 Å². The van der Waals surface area contributed by atoms with E-state index in [0.717, 1.165) is 24.4 Å². The maximum absolute atomic E-state index is 5.88. The molecule has 0 saturated carbocycles. The van der Waals surface area contributed by atoms with Gasteiger partial charge in [-0.15, -0.1) is 0 Å². The number of hydrogen-bond acceptors (Lipinski definition) is 3. The van der Waals surface area contributed by atoms with Crippen LogP contribution in [0.5, 0.6) is 5.75 Å². The van der Waals surface area contributed by atoms with Gasteiger partial charge in [-0.1, -0.05) is 24.3 Å². The first kappa shape index (κ1) is 14.3. The van der Waals surface area contributed by atoms with Crippen molar-refractivity contribution >= 4 is 11.4 Å². The molecule has 0 heterocycles. The Morgan fingerprint density at radius 2 is 1.95 bits per heavy atom. The zero-order chi connectivity index (χ0) is 14.4. The van der Waals surface area contributed by atoms with Crippen LogP contribution in [0.3, 0.4) is 0 Å². The molecular formula is C17H22N2O. The fourth-order valence-electron chi connectivity index (χ4n) is 2.21. The number of ether oxygens (including phenoxy) is 1. The van der Waals surface area contributed by atoms with Gasteiger partial charge in [0.25, 0.3) is 0 Å². The van der Waals surface area contributed by atoms with E-state index in [1.165, 1.54) is 11.1 Å². The molecule has 2 aromatic carbocycles. The second kappa shape index (κ2) is 6.85. The Morgan fingerprint density at radius 1 is 1.15 bits per heavy atom. The molecule has 106 valence electrons. The smallest absolute Gasteiger partial charge is 0.123 e. The summed E-state index contributed by atoms with van der Waals surface area (Å²) in [6, 6.07) is 14.2. The summed E-state index contributed by atoms with van der Waals surface area (Å²) in [5, 5.41) is 3.40. The van der Waals surface area contributed by atoms with E-state index in [4.69, 9.17) is 10.5 Å². The first-order chi connectivity index (χ1) is 9.69. The van der Waals surface area contributed by atoms with Gasteiger partial charge in [-0.05, 0) is 37.5 Å². The number of nitrogens with two attached hydrogens (primary N) is 1. The molecule has 2 rings (SSSR count). The molecule has 0 aliphatic rings. The summed E-state index contributed by atoms with van der Waals surface area (Å²) in [7, 11) is 0. The Labute approximate surface area is 120 Å². The van der Waals surface area contributed by atoms with E-state index in [-0.39, 0.29) is 0 Å². The largest absolute Gasteiger partial charge is 0.494 e. The summed E-state index contributed by atoms with van der Waals surface area (Å²) >= 11 is 0. The van der Waals surface area contributed by atoms with Crippen LogP contribution in [0, 0.1) is 6.92 Å². The minimum Gasteiger partial charge on any atom is -0.494 e. The maximum atomic E-state index is 5.88. The number of aryl methyl sites for hydroxylation is 1. The van der Waals surface area contributed by atoms with E-state index in [1.54, 1.807) is 0 Å². The number of benzene rings is 2. The SMILES string of the molecule is CCOc1cc(N)cc(NCCc2ccccc2C)c1. The molecule has 0 amide bonds. The molecule has 3 nitrogen and oxygen atoms in total. The summed E-state index contributed by atoms with van der Waals surface area (Å²) in [5.41, 5.74) is 10.3. The third-order valence-corrected chi connectivity index (χ3v) is 3.22. The maximum Gasteiger partial charge on any atom is 0.123 e. The average Bonchev–Trinajstić information content (AvgIpc) is 2.41. The quantitative estimate of drug-likeness (QED) is 0.788. The molecular weight excluding hydrogens is 248 g/mol. The Kier molecular flexibility index (Phi) is 4.88. The minimum absolute atomic E-state index is 0.645. The molecule has 0 bridgehead atoms. The molecule has 3 N–H and O–H groups in total. The van der Waals surface area contributed by atoms with Gasteiger partial charge >= 0.3 is 0 Å². The van der Waals surface area contributed by atoms with Gasteiger partial charge in [0.1, 0.15) is 5.75 Å². The Bertz CT molecular complexity index is 567. The summed E-state index contributed by atoms with van der Waals surface area (Å²) < 4.78 is 5.49. The van der Waals surface area contributed by atoms with E-state index in [9.17, 15) is 0 Å². The zero-order valence-corrected chi connectivity index (χ0v) is 12.1. The lowest BCUT2D eigenvalue weighted by molar-refractivity contribution is 0.340. The molecule has 0 fully saturated rings. The predicted octanol–water partition coefficient (Wildman–Crippen LogP) is 3.63. The van der Waals surface area contributed by atoms with Crippen LogP contribution in [0.15, 0.2) is 42.5 Å². The molecule has 0 spiro atoms. The van der Waals surface area contributed by atoms with Crippen molar-refractivity contribution in [3.8, 4) is 5.75 Å². The van der Waals surface area contributed by atoms with Crippen molar-refractivity contribution in [3.05, 3.63) is 53.6 Å². The van der Waals surface area contributed by atoms with Gasteiger partial charge in [0.05, 0.1) is 6.61 Å². The molecule has 0 atom stereocenters. The van der Waals surface area contributed by atoms with Crippen LogP contribution in [-0.4, -0.2) is 13.2 Å². The van der Waals surface area contributed by atoms with Crippen molar-refractivity contribution in [2.24, 2.45) is 0 Å². The molecule has 3 heteroatoms. The van der Waals surface area contributed by atoms with Gasteiger partial charge in [0.2, 0.25) is 0 Å². The molecule has 0 radical (unpaired) electrons. The average molecular weight is 270 g/mol. The zero-order valence-electron chi connectivity index (χ0n) is 12.1. The normalized spacial score (nSPS) is 10.3. The van der Waals surface area contributed by atoms with E-state index in [2.05, 4.69) is 36.5 Å². The van der Waals surface area contributed by atoms with Crippen molar-refractivity contribution < 1.29 is 4.74 Å². The van der Waals surface area contributed by atoms with Crippen LogP contribution in [0.2, 0.25) is 0 Å². The summed E-state index contributed by atoms with van der Waals surface area (Å²) in [4.78, 5) is 0. The van der Waals surface area contributed by atoms with Crippen LogP contribution < -0.4 is 15.8 Å². The number of nitrogen functional groups attached to an aromatic ring is 1. The van der Waals surface area contributed by atoms with E-state index in [0.29, 0.717) is 12.3 Å². The standard InChI is InChI=1S/C17H22N2O/c1-3-20-17-11-15(18)10-16(12-17)19-9-8-14-7-5-4-6-13(14)2/h4-7,10-12,19H,3,8-9,18H2,1-2H3. The summed E-state index contributed by atoms with van der Waals surface area (Å²) in [5.74, 6) is 0.811. The fourth-order valence-corrected chi connectivity index (χ4v) is 2.21. The number of hydrogen-bond donors (Lipinski definition) is 2. The number of rotatable bonds is 6. The van der Waals surface area contributed by atoms with E-state index >= 15 is 0 Å². The van der Waals surface area contributed by atoms with Crippen LogP contribution in [0.25, 0.3) is 0 Å². The highest BCUT2D eigenvalue weighted by Crippen LogP contribution is 2.22. The van der Waals surface area contributed by atoms with Gasteiger partial charge in [-0.25, -0.2) is 0 Å². The first-order valence-corrected chi connectivity index (χ1v) is 7.01. The molecule has 0 aliphatic heterocycles. The molecule has 2 aromatic rings. The lowest BCUT2D eigenvalue weighted by Crippen LogP contribution is -2.06. The first-order valence-electron chi connectivity index (χ1n) is 7.01. The van der Waals surface area contributed by atoms with Crippen molar-refractivity contribution in [1.82, 2.24) is 0 Å². The minimum atomic E-state index is 0.645. The van der Waals surface area contributed by atoms with Gasteiger partial charge in [-0.2, -0.15) is 0 Å². The Morgan fingerprint density at radius 3 is 2.70 bits per heavy atom. The van der Waals surface area contributed by atoms with Crippen LogP contribution in [0.4, 0.5) is 11.4 Å². The predicted molar refractivity (Wildman–Crippen MR) is 85.4 cm³/mol. The molecule has 0 aliphatic carbocycles. The highest BCUT2D eigenvalue weighted by Gasteiger charge is 2.01. The highest BCUT2D eigenvalue weighted by atomic mass is 16.5. The Hall–Kier alpha value is -2.16. The topological polar surface area (TPSA) is 47.3 Å². The molecule has 0 saturated heterocycles. The van der Waals surface area contributed by atoms with Gasteiger partial charge < -0.3 is 15.8 Å². The van der Waals surface area contributed by atoms with E-state index in [1.807, 2.05) is 25.1 Å². The second-order valence-corrected chi connectivity index (χ2v) is 4.83. The highest BCUT2D eigenvalue weighted by molar-refractivity contribution is 5.59. The van der Waals surface area contributed by atoms with Crippen molar-refractivity contribution in [2.75, 3.05) is 24.2 Å². The molecule has 20 heavy (non-hydrogen) atoms. The lowest BCUT2D eigenvalue weighted by Gasteiger charge is -2.11. The number of anilines is 2. The molecule has 0 unspecified atom stereocenters. The lowest BCUT2D eigenvalue weighted by atomic mass is 10.1. The van der Waals surface area contributed by atoms with Crippen molar-refractivity contribution in [3.63, 3.8) is 0 Å². The monoisotopic (exact) mass is 270 g/mol. The molecule has 0 aromatic heterocycles. The summed E-state index contributed by atoms with van der Waals surface area (Å²) in [6.07, 6.45) is 0.992. The third kappa shape index (κ3) is 3.92. The summed E-state index contributed by atoms with van der Waals surface area (Å²) in [6.45, 7) is 5.63. The van der Waals surface area contributed by atoms with Crippen LogP contribution in [0.1, 0.15) is 18.1 Å². The van der Waals surface area contributed by atoms with Gasteiger partial charge in [-0.3, -0.25) is 0 Å². The van der Waals surface area contributed by atoms with Crippen LogP contribution in [-0.2, 0) is 6.42 Å². The second-order valence-electron chi connectivity index (χ2n) is 4.83. The van der Waals surface area contributed by atoms with Crippen molar-refractivity contribution in [1.29, 1.82) is 0 Å². The van der Waals surface area contributed by atoms with Crippen molar-refractivity contribution in [2.45, 2.75) is 20.3 Å². The van der Waals surface area contributed by atoms with Crippen LogP contribution >= 0.6 is 0 Å². The number of nitrogens with one attached hydrogen (secondary N) is 1. The third-order valence-electron chi connectivity index (χ3n) is 3.22. The Balaban J connectivity index is 1.95. The fraction of sp³-hybridized carbons (Fsp3) is 0.294. The van der Waals surface area contributed by atoms with E-state index < -0.39 is 0 Å². The van der Waals surface area contributed by atoms with Gasteiger partial charge in [0.15, 0.2) is 0 Å².